The Morgan fingerprint density at radius 3 is 2.93 bits per heavy atom. The van der Waals surface area contributed by atoms with Crippen molar-refractivity contribution in [1.29, 1.82) is 0 Å². The normalized spacial score (nSPS) is 26.8. The van der Waals surface area contributed by atoms with Gasteiger partial charge in [-0.15, -0.1) is 11.3 Å². The lowest BCUT2D eigenvalue weighted by molar-refractivity contribution is 0.321. The first-order valence-corrected chi connectivity index (χ1v) is 6.96. The van der Waals surface area contributed by atoms with E-state index in [-0.39, 0.29) is 0 Å². The number of thiophene rings is 1. The molecule has 0 spiro atoms. The van der Waals surface area contributed by atoms with Gasteiger partial charge in [-0.1, -0.05) is 20.3 Å². The van der Waals surface area contributed by atoms with E-state index in [1.165, 1.54) is 32.4 Å². The maximum Gasteiger partial charge on any atom is 0.00828 e. The predicted molar refractivity (Wildman–Crippen MR) is 67.7 cm³/mol. The third-order valence-electron chi connectivity index (χ3n) is 3.53. The van der Waals surface area contributed by atoms with Crippen molar-refractivity contribution in [2.75, 3.05) is 13.1 Å². The molecule has 0 amide bonds. The van der Waals surface area contributed by atoms with E-state index >= 15 is 0 Å². The number of nitrogens with one attached hydrogen (secondary N) is 1. The molecule has 1 aromatic heterocycles. The molecular formula is C13H21NS. The van der Waals surface area contributed by atoms with Crippen molar-refractivity contribution >= 4 is 11.3 Å². The molecule has 1 nitrogen and oxygen atoms in total. The quantitative estimate of drug-likeness (QED) is 0.828. The van der Waals surface area contributed by atoms with Crippen LogP contribution < -0.4 is 5.32 Å². The summed E-state index contributed by atoms with van der Waals surface area (Å²) >= 11 is 2.03. The van der Waals surface area contributed by atoms with E-state index in [9.17, 15) is 0 Å². The molecule has 1 aliphatic rings. The van der Waals surface area contributed by atoms with E-state index < -0.39 is 0 Å². The summed E-state index contributed by atoms with van der Waals surface area (Å²) in [6, 6.07) is 4.68. The fraction of sp³-hybridized carbons (Fsp3) is 0.692. The Labute approximate surface area is 96.9 Å². The highest BCUT2D eigenvalue weighted by Gasteiger charge is 2.25. The molecule has 2 heteroatoms. The van der Waals surface area contributed by atoms with Gasteiger partial charge in [0.2, 0.25) is 0 Å². The standard InChI is InChI=1S/C13H21NS/c1-3-10-9-14-8-7-12(10)13-6-5-11(4-2)15-13/h5-6,10,12,14H,3-4,7-9H2,1-2H3. The minimum Gasteiger partial charge on any atom is -0.316 e. The lowest BCUT2D eigenvalue weighted by atomic mass is 9.84. The van der Waals surface area contributed by atoms with Crippen LogP contribution in [0.1, 0.15) is 42.4 Å². The predicted octanol–water partition coefficient (Wildman–Crippen LogP) is 3.41. The molecule has 15 heavy (non-hydrogen) atoms. The van der Waals surface area contributed by atoms with Crippen LogP contribution in [0.4, 0.5) is 0 Å². The van der Waals surface area contributed by atoms with Crippen molar-refractivity contribution in [2.24, 2.45) is 5.92 Å². The largest absolute Gasteiger partial charge is 0.316 e. The minimum atomic E-state index is 0.821. The third kappa shape index (κ3) is 2.43. The molecule has 1 aliphatic heterocycles. The van der Waals surface area contributed by atoms with Gasteiger partial charge in [0.15, 0.2) is 0 Å². The SMILES string of the molecule is CCc1ccc(C2CCNCC2CC)s1. The van der Waals surface area contributed by atoms with E-state index in [4.69, 9.17) is 0 Å². The highest BCUT2D eigenvalue weighted by molar-refractivity contribution is 7.12. The summed E-state index contributed by atoms with van der Waals surface area (Å²) in [4.78, 5) is 3.17. The Balaban J connectivity index is 2.12. The molecule has 2 atom stereocenters. The van der Waals surface area contributed by atoms with Crippen LogP contribution in [0.15, 0.2) is 12.1 Å². The van der Waals surface area contributed by atoms with Crippen molar-refractivity contribution in [3.05, 3.63) is 21.9 Å². The molecule has 0 aromatic carbocycles. The second kappa shape index (κ2) is 5.13. The first kappa shape index (κ1) is 11.2. The third-order valence-corrected chi connectivity index (χ3v) is 4.89. The summed E-state index contributed by atoms with van der Waals surface area (Å²) in [5.74, 6) is 1.67. The molecule has 1 aromatic rings. The average Bonchev–Trinajstić information content (AvgIpc) is 2.77. The second-order valence-corrected chi connectivity index (χ2v) is 5.63. The number of aryl methyl sites for hydroxylation is 1. The van der Waals surface area contributed by atoms with E-state index in [0.29, 0.717) is 0 Å². The van der Waals surface area contributed by atoms with Gasteiger partial charge in [-0.05, 0) is 49.9 Å². The van der Waals surface area contributed by atoms with Crippen LogP contribution in [0.5, 0.6) is 0 Å². The van der Waals surface area contributed by atoms with Gasteiger partial charge in [0, 0.05) is 9.75 Å². The number of hydrogen-bond donors (Lipinski definition) is 1. The molecular weight excluding hydrogens is 202 g/mol. The molecule has 84 valence electrons. The number of rotatable bonds is 3. The molecule has 0 radical (unpaired) electrons. The van der Waals surface area contributed by atoms with Crippen molar-refractivity contribution in [3.63, 3.8) is 0 Å². The van der Waals surface area contributed by atoms with Crippen LogP contribution >= 0.6 is 11.3 Å². The minimum absolute atomic E-state index is 0.821. The van der Waals surface area contributed by atoms with Crippen LogP contribution in [0.2, 0.25) is 0 Å². The van der Waals surface area contributed by atoms with Gasteiger partial charge in [0.1, 0.15) is 0 Å². The summed E-state index contributed by atoms with van der Waals surface area (Å²) in [5, 5.41) is 3.51. The van der Waals surface area contributed by atoms with E-state index in [1.54, 1.807) is 9.75 Å². The monoisotopic (exact) mass is 223 g/mol. The molecule has 1 fully saturated rings. The highest BCUT2D eigenvalue weighted by atomic mass is 32.1. The van der Waals surface area contributed by atoms with Gasteiger partial charge in [0.25, 0.3) is 0 Å². The molecule has 2 rings (SSSR count). The summed E-state index contributed by atoms with van der Waals surface area (Å²) in [6.45, 7) is 6.97. The van der Waals surface area contributed by atoms with Crippen LogP contribution in [0.25, 0.3) is 0 Å². The summed E-state index contributed by atoms with van der Waals surface area (Å²) in [7, 11) is 0. The Bertz CT molecular complexity index is 305. The average molecular weight is 223 g/mol. The van der Waals surface area contributed by atoms with Gasteiger partial charge in [-0.25, -0.2) is 0 Å². The van der Waals surface area contributed by atoms with Crippen molar-refractivity contribution in [1.82, 2.24) is 5.32 Å². The van der Waals surface area contributed by atoms with Gasteiger partial charge in [0.05, 0.1) is 0 Å². The van der Waals surface area contributed by atoms with Gasteiger partial charge >= 0.3 is 0 Å². The van der Waals surface area contributed by atoms with Gasteiger partial charge in [-0.3, -0.25) is 0 Å². The Kier molecular flexibility index (Phi) is 3.81. The number of piperidine rings is 1. The van der Waals surface area contributed by atoms with Crippen molar-refractivity contribution in [2.45, 2.75) is 39.0 Å². The zero-order chi connectivity index (χ0) is 10.7. The molecule has 0 bridgehead atoms. The van der Waals surface area contributed by atoms with Crippen molar-refractivity contribution in [3.8, 4) is 0 Å². The van der Waals surface area contributed by atoms with Crippen LogP contribution in [-0.4, -0.2) is 13.1 Å². The van der Waals surface area contributed by atoms with E-state index in [2.05, 4.69) is 31.3 Å². The van der Waals surface area contributed by atoms with Crippen molar-refractivity contribution < 1.29 is 0 Å². The molecule has 0 aliphatic carbocycles. The maximum absolute atomic E-state index is 3.51. The molecule has 1 saturated heterocycles. The maximum atomic E-state index is 3.51. The smallest absolute Gasteiger partial charge is 0.00828 e. The van der Waals surface area contributed by atoms with Gasteiger partial charge in [-0.2, -0.15) is 0 Å². The summed E-state index contributed by atoms with van der Waals surface area (Å²) in [5.41, 5.74) is 0. The molecule has 1 N–H and O–H groups in total. The Morgan fingerprint density at radius 2 is 2.27 bits per heavy atom. The lowest BCUT2D eigenvalue weighted by Gasteiger charge is -2.30. The zero-order valence-electron chi connectivity index (χ0n) is 9.75. The lowest BCUT2D eigenvalue weighted by Crippen LogP contribution is -2.34. The zero-order valence-corrected chi connectivity index (χ0v) is 10.6. The Hall–Kier alpha value is -0.340. The highest BCUT2D eigenvalue weighted by Crippen LogP contribution is 2.36. The first-order chi connectivity index (χ1) is 7.35. The molecule has 2 heterocycles. The Morgan fingerprint density at radius 1 is 1.40 bits per heavy atom. The topological polar surface area (TPSA) is 12.0 Å². The van der Waals surface area contributed by atoms with Gasteiger partial charge < -0.3 is 5.32 Å². The number of hydrogen-bond acceptors (Lipinski definition) is 2. The molecule has 2 unspecified atom stereocenters. The molecule has 0 saturated carbocycles. The van der Waals surface area contributed by atoms with Crippen LogP contribution in [-0.2, 0) is 6.42 Å². The fourth-order valence-electron chi connectivity index (χ4n) is 2.51. The fourth-order valence-corrected chi connectivity index (χ4v) is 3.69. The summed E-state index contributed by atoms with van der Waals surface area (Å²) < 4.78 is 0. The van der Waals surface area contributed by atoms with E-state index in [0.717, 1.165) is 11.8 Å². The van der Waals surface area contributed by atoms with Crippen LogP contribution in [0.3, 0.4) is 0 Å². The summed E-state index contributed by atoms with van der Waals surface area (Å²) in [6.07, 6.45) is 3.81. The van der Waals surface area contributed by atoms with E-state index in [1.807, 2.05) is 11.3 Å². The second-order valence-electron chi connectivity index (χ2n) is 4.43. The first-order valence-electron chi connectivity index (χ1n) is 6.14. The van der Waals surface area contributed by atoms with Crippen LogP contribution in [0, 0.1) is 5.92 Å².